The predicted molar refractivity (Wildman–Crippen MR) is 70.2 cm³/mol. The van der Waals surface area contributed by atoms with Crippen LogP contribution < -0.4 is 5.32 Å². The van der Waals surface area contributed by atoms with Crippen molar-refractivity contribution in [3.05, 3.63) is 18.2 Å². The number of esters is 1. The van der Waals surface area contributed by atoms with Gasteiger partial charge in [0.25, 0.3) is 0 Å². The number of hydrogen-bond acceptors (Lipinski definition) is 4. The van der Waals surface area contributed by atoms with E-state index in [0.717, 1.165) is 5.69 Å². The molecule has 1 atom stereocenters. The van der Waals surface area contributed by atoms with Crippen molar-refractivity contribution in [3.63, 3.8) is 0 Å². The molecule has 0 aliphatic rings. The molecule has 1 rings (SSSR count). The van der Waals surface area contributed by atoms with Gasteiger partial charge in [0, 0.05) is 18.3 Å². The molecule has 1 heterocycles. The van der Waals surface area contributed by atoms with Crippen molar-refractivity contribution in [3.8, 4) is 0 Å². The standard InChI is InChI=1S/C13H23N3O2/c1-6-11(12(17)18-5)16-9-14-7-10(16)8-15-13(2,3)4/h7,9,11,15H,6,8H2,1-5H3. The Hall–Kier alpha value is -1.36. The maximum atomic E-state index is 11.7. The van der Waals surface area contributed by atoms with Gasteiger partial charge in [-0.15, -0.1) is 0 Å². The first kappa shape index (κ1) is 14.7. The number of rotatable bonds is 5. The molecule has 0 aromatic carbocycles. The van der Waals surface area contributed by atoms with Gasteiger partial charge in [-0.05, 0) is 27.2 Å². The van der Waals surface area contributed by atoms with Crippen LogP contribution in [0, 0.1) is 0 Å². The molecule has 102 valence electrons. The van der Waals surface area contributed by atoms with Gasteiger partial charge in [0.1, 0.15) is 6.04 Å². The van der Waals surface area contributed by atoms with Crippen LogP contribution in [0.5, 0.6) is 0 Å². The molecule has 5 heteroatoms. The average Bonchev–Trinajstić information content (AvgIpc) is 2.74. The van der Waals surface area contributed by atoms with Crippen molar-refractivity contribution in [1.82, 2.24) is 14.9 Å². The third kappa shape index (κ3) is 3.84. The number of carbonyl (C=O) groups excluding carboxylic acids is 1. The molecule has 5 nitrogen and oxygen atoms in total. The van der Waals surface area contributed by atoms with Crippen molar-refractivity contribution >= 4 is 5.97 Å². The van der Waals surface area contributed by atoms with Crippen LogP contribution in [0.25, 0.3) is 0 Å². The lowest BCUT2D eigenvalue weighted by Gasteiger charge is -2.22. The Balaban J connectivity index is 2.84. The molecule has 18 heavy (non-hydrogen) atoms. The zero-order valence-electron chi connectivity index (χ0n) is 11.9. The number of methoxy groups -OCH3 is 1. The van der Waals surface area contributed by atoms with Gasteiger partial charge in [-0.2, -0.15) is 0 Å². The fourth-order valence-electron chi connectivity index (χ4n) is 1.72. The summed E-state index contributed by atoms with van der Waals surface area (Å²) < 4.78 is 6.70. The Labute approximate surface area is 109 Å². The number of carbonyl (C=O) groups is 1. The molecule has 0 fully saturated rings. The molecule has 1 N–H and O–H groups in total. The van der Waals surface area contributed by atoms with Gasteiger partial charge in [0.05, 0.1) is 19.1 Å². The van der Waals surface area contributed by atoms with E-state index >= 15 is 0 Å². The minimum Gasteiger partial charge on any atom is -0.467 e. The molecule has 0 radical (unpaired) electrons. The number of aromatic nitrogens is 2. The van der Waals surface area contributed by atoms with E-state index < -0.39 is 0 Å². The van der Waals surface area contributed by atoms with Gasteiger partial charge in [-0.3, -0.25) is 0 Å². The van der Waals surface area contributed by atoms with Crippen LogP contribution in [0.2, 0.25) is 0 Å². The van der Waals surface area contributed by atoms with Crippen LogP contribution in [0.15, 0.2) is 12.5 Å². The highest BCUT2D eigenvalue weighted by Crippen LogP contribution is 2.16. The number of hydrogen-bond donors (Lipinski definition) is 1. The highest BCUT2D eigenvalue weighted by Gasteiger charge is 2.21. The number of nitrogens with zero attached hydrogens (tertiary/aromatic N) is 2. The second-order valence-corrected chi connectivity index (χ2v) is 5.34. The Morgan fingerprint density at radius 1 is 1.56 bits per heavy atom. The van der Waals surface area contributed by atoms with Crippen LogP contribution >= 0.6 is 0 Å². The fourth-order valence-corrected chi connectivity index (χ4v) is 1.72. The van der Waals surface area contributed by atoms with Gasteiger partial charge in [-0.25, -0.2) is 9.78 Å². The summed E-state index contributed by atoms with van der Waals surface area (Å²) in [5.74, 6) is -0.229. The largest absolute Gasteiger partial charge is 0.467 e. The van der Waals surface area contributed by atoms with E-state index in [9.17, 15) is 4.79 Å². The molecule has 1 aromatic rings. The third-order valence-electron chi connectivity index (χ3n) is 2.74. The van der Waals surface area contributed by atoms with Crippen molar-refractivity contribution in [2.45, 2.75) is 52.2 Å². The maximum absolute atomic E-state index is 11.7. The molecular weight excluding hydrogens is 230 g/mol. The highest BCUT2D eigenvalue weighted by atomic mass is 16.5. The van der Waals surface area contributed by atoms with Crippen LogP contribution in [0.1, 0.15) is 45.9 Å². The molecule has 0 saturated heterocycles. The summed E-state index contributed by atoms with van der Waals surface area (Å²) >= 11 is 0. The summed E-state index contributed by atoms with van der Waals surface area (Å²) in [7, 11) is 1.41. The number of nitrogens with one attached hydrogen (secondary N) is 1. The number of imidazole rings is 1. The Kier molecular flexibility index (Phi) is 4.90. The summed E-state index contributed by atoms with van der Waals surface area (Å²) in [4.78, 5) is 15.8. The van der Waals surface area contributed by atoms with Crippen molar-refractivity contribution in [1.29, 1.82) is 0 Å². The van der Waals surface area contributed by atoms with Gasteiger partial charge in [-0.1, -0.05) is 6.92 Å². The van der Waals surface area contributed by atoms with Gasteiger partial charge in [0.2, 0.25) is 0 Å². The summed E-state index contributed by atoms with van der Waals surface area (Å²) in [5.41, 5.74) is 1.02. The maximum Gasteiger partial charge on any atom is 0.328 e. The quantitative estimate of drug-likeness (QED) is 0.814. The summed E-state index contributed by atoms with van der Waals surface area (Å²) in [5, 5.41) is 3.39. The van der Waals surface area contributed by atoms with Crippen molar-refractivity contribution in [2.24, 2.45) is 0 Å². The molecule has 0 aliphatic carbocycles. The van der Waals surface area contributed by atoms with E-state index in [-0.39, 0.29) is 17.6 Å². The second kappa shape index (κ2) is 6.00. The van der Waals surface area contributed by atoms with Crippen molar-refractivity contribution < 1.29 is 9.53 Å². The van der Waals surface area contributed by atoms with Gasteiger partial charge < -0.3 is 14.6 Å². The summed E-state index contributed by atoms with van der Waals surface area (Å²) in [6.45, 7) is 8.95. The van der Waals surface area contributed by atoms with E-state index in [2.05, 4.69) is 31.1 Å². The van der Waals surface area contributed by atoms with Crippen LogP contribution in [0.4, 0.5) is 0 Å². The average molecular weight is 253 g/mol. The van der Waals surface area contributed by atoms with E-state index in [1.165, 1.54) is 7.11 Å². The van der Waals surface area contributed by atoms with E-state index in [4.69, 9.17) is 4.74 Å². The van der Waals surface area contributed by atoms with E-state index in [1.54, 1.807) is 12.5 Å². The third-order valence-corrected chi connectivity index (χ3v) is 2.74. The molecule has 0 aliphatic heterocycles. The number of ether oxygens (including phenoxy) is 1. The van der Waals surface area contributed by atoms with Crippen LogP contribution in [0.3, 0.4) is 0 Å². The van der Waals surface area contributed by atoms with Crippen molar-refractivity contribution in [2.75, 3.05) is 7.11 Å². The molecule has 1 unspecified atom stereocenters. The molecule has 1 aromatic heterocycles. The van der Waals surface area contributed by atoms with E-state index in [1.807, 2.05) is 11.5 Å². The van der Waals surface area contributed by atoms with Gasteiger partial charge >= 0.3 is 5.97 Å². The highest BCUT2D eigenvalue weighted by molar-refractivity contribution is 5.74. The molecule has 0 spiro atoms. The Morgan fingerprint density at radius 3 is 2.72 bits per heavy atom. The lowest BCUT2D eigenvalue weighted by Crippen LogP contribution is -2.36. The predicted octanol–water partition coefficient (Wildman–Crippen LogP) is 1.90. The Bertz CT molecular complexity index is 393. The topological polar surface area (TPSA) is 56.2 Å². The zero-order chi connectivity index (χ0) is 13.8. The van der Waals surface area contributed by atoms with Gasteiger partial charge in [0.15, 0.2) is 0 Å². The first-order chi connectivity index (χ1) is 8.39. The zero-order valence-corrected chi connectivity index (χ0v) is 11.9. The normalized spacial score (nSPS) is 13.4. The summed E-state index contributed by atoms with van der Waals surface area (Å²) in [6.07, 6.45) is 4.15. The first-order valence-corrected chi connectivity index (χ1v) is 6.22. The lowest BCUT2D eigenvalue weighted by molar-refractivity contribution is -0.144. The molecule has 0 saturated carbocycles. The smallest absolute Gasteiger partial charge is 0.328 e. The molecular formula is C13H23N3O2. The SMILES string of the molecule is CCC(C(=O)OC)n1cncc1CNC(C)(C)C. The van der Waals surface area contributed by atoms with E-state index in [0.29, 0.717) is 13.0 Å². The first-order valence-electron chi connectivity index (χ1n) is 6.22. The second-order valence-electron chi connectivity index (χ2n) is 5.34. The van der Waals surface area contributed by atoms with Crippen LogP contribution in [-0.4, -0.2) is 28.2 Å². The van der Waals surface area contributed by atoms with Crippen LogP contribution in [-0.2, 0) is 16.1 Å². The Morgan fingerprint density at radius 2 is 2.22 bits per heavy atom. The minimum atomic E-state index is -0.297. The monoisotopic (exact) mass is 253 g/mol. The minimum absolute atomic E-state index is 0.0298. The lowest BCUT2D eigenvalue weighted by atomic mass is 10.1. The fraction of sp³-hybridized carbons (Fsp3) is 0.692. The molecule has 0 bridgehead atoms. The summed E-state index contributed by atoms with van der Waals surface area (Å²) in [6, 6.07) is -0.297. The molecule has 0 amide bonds.